The second-order valence-electron chi connectivity index (χ2n) is 13.1. The van der Waals surface area contributed by atoms with Crippen molar-refractivity contribution in [1.29, 1.82) is 0 Å². The molecule has 3 aliphatic rings. The van der Waals surface area contributed by atoms with Gasteiger partial charge >= 0.3 is 0 Å². The zero-order chi connectivity index (χ0) is 34.2. The first-order valence-corrected chi connectivity index (χ1v) is 19.5. The normalized spacial score (nSPS) is 21.2. The number of methoxy groups -OCH3 is 1. The van der Waals surface area contributed by atoms with E-state index in [4.69, 9.17) is 19.9 Å². The number of rotatable bonds is 13. The van der Waals surface area contributed by atoms with Gasteiger partial charge in [0.25, 0.3) is 0 Å². The number of nitrogens with two attached hydrogens (primary N) is 1. The van der Waals surface area contributed by atoms with E-state index >= 15 is 0 Å². The zero-order valence-electron chi connectivity index (χ0n) is 27.4. The van der Waals surface area contributed by atoms with Crippen molar-refractivity contribution in [3.8, 4) is 22.6 Å². The molecule has 260 valence electrons. The van der Waals surface area contributed by atoms with Crippen molar-refractivity contribution in [3.05, 3.63) is 72.3 Å². The molecule has 0 aromatic heterocycles. The summed E-state index contributed by atoms with van der Waals surface area (Å²) < 4.78 is 70.9. The maximum atomic E-state index is 13.8. The van der Waals surface area contributed by atoms with Crippen LogP contribution in [0.15, 0.2) is 76.5 Å². The monoisotopic (exact) mass is 699 g/mol. The highest BCUT2D eigenvalue weighted by Crippen LogP contribution is 2.44. The van der Waals surface area contributed by atoms with Crippen LogP contribution in [-0.4, -0.2) is 89.7 Å². The maximum Gasteiger partial charge on any atom is 0.243 e. The Morgan fingerprint density at radius 3 is 2.40 bits per heavy atom. The average Bonchev–Trinajstić information content (AvgIpc) is 3.74. The molecule has 13 heteroatoms. The van der Waals surface area contributed by atoms with Crippen molar-refractivity contribution in [2.45, 2.75) is 72.1 Å². The van der Waals surface area contributed by atoms with E-state index in [1.807, 2.05) is 24.3 Å². The first-order chi connectivity index (χ1) is 22.9. The Bertz CT molecular complexity index is 1820. The van der Waals surface area contributed by atoms with Gasteiger partial charge in [0.2, 0.25) is 10.0 Å². The molecule has 1 spiro atoms. The van der Waals surface area contributed by atoms with Gasteiger partial charge in [-0.3, -0.25) is 0 Å². The van der Waals surface area contributed by atoms with Gasteiger partial charge in [-0.2, -0.15) is 4.31 Å². The minimum absolute atomic E-state index is 0.000940. The molecule has 2 heterocycles. The summed E-state index contributed by atoms with van der Waals surface area (Å²) in [6, 6.07) is 19.2. The lowest BCUT2D eigenvalue weighted by Gasteiger charge is -2.38. The van der Waals surface area contributed by atoms with Crippen LogP contribution >= 0.6 is 0 Å². The van der Waals surface area contributed by atoms with Crippen LogP contribution in [0.4, 0.5) is 0 Å². The fourth-order valence-electron chi connectivity index (χ4n) is 6.56. The summed E-state index contributed by atoms with van der Waals surface area (Å²) in [5, 5.41) is 13.9. The summed E-state index contributed by atoms with van der Waals surface area (Å²) in [6.07, 6.45) is 2.96. The van der Waals surface area contributed by atoms with E-state index in [0.717, 1.165) is 24.0 Å². The number of benzene rings is 3. The molecule has 2 atom stereocenters. The molecular formula is C35H45N3O8S2. The molecular weight excluding hydrogens is 655 g/mol. The molecule has 2 saturated heterocycles. The molecule has 0 bridgehead atoms. The molecule has 3 aromatic rings. The first-order valence-electron chi connectivity index (χ1n) is 16.5. The maximum absolute atomic E-state index is 13.8. The summed E-state index contributed by atoms with van der Waals surface area (Å²) in [5.41, 5.74) is 8.33. The van der Waals surface area contributed by atoms with Crippen molar-refractivity contribution in [3.63, 3.8) is 0 Å². The van der Waals surface area contributed by atoms with E-state index in [2.05, 4.69) is 5.32 Å². The zero-order valence-corrected chi connectivity index (χ0v) is 29.1. The molecule has 0 radical (unpaired) electrons. The number of sulfone groups is 1. The Kier molecular flexibility index (Phi) is 9.93. The SMILES string of the molecule is CCS(=O)(=O)c1cccc(OCC(O)CN[C@@H]2COC3(CCN(S(=O)(=O)c4ccc(OC)c(-c5ccc(C6(N)CC6)cc5)c4)CC3)C2)c1. The number of hydrogen-bond donors (Lipinski definition) is 3. The van der Waals surface area contributed by atoms with Crippen molar-refractivity contribution < 1.29 is 36.2 Å². The summed E-state index contributed by atoms with van der Waals surface area (Å²) in [7, 11) is -5.53. The third-order valence-electron chi connectivity index (χ3n) is 9.84. The quantitative estimate of drug-likeness (QED) is 0.242. The van der Waals surface area contributed by atoms with Crippen LogP contribution < -0.4 is 20.5 Å². The van der Waals surface area contributed by atoms with Crippen molar-refractivity contribution in [1.82, 2.24) is 9.62 Å². The fourth-order valence-corrected chi connectivity index (χ4v) is 8.95. The van der Waals surface area contributed by atoms with Crippen molar-refractivity contribution >= 4 is 19.9 Å². The molecule has 1 unspecified atom stereocenters. The molecule has 11 nitrogen and oxygen atoms in total. The van der Waals surface area contributed by atoms with Crippen LogP contribution in [0.25, 0.3) is 11.1 Å². The summed E-state index contributed by atoms with van der Waals surface area (Å²) in [6.45, 7) is 3.00. The highest BCUT2D eigenvalue weighted by atomic mass is 32.2. The van der Waals surface area contributed by atoms with Gasteiger partial charge in [0, 0.05) is 36.8 Å². The van der Waals surface area contributed by atoms with Gasteiger partial charge in [0.1, 0.15) is 24.2 Å². The smallest absolute Gasteiger partial charge is 0.243 e. The first kappa shape index (κ1) is 34.8. The number of aliphatic hydroxyl groups excluding tert-OH is 1. The minimum atomic E-state index is -3.76. The second-order valence-corrected chi connectivity index (χ2v) is 17.4. The van der Waals surface area contributed by atoms with Crippen molar-refractivity contribution in [2.75, 3.05) is 45.7 Å². The number of ether oxygens (including phenoxy) is 3. The van der Waals surface area contributed by atoms with Crippen LogP contribution in [0.1, 0.15) is 44.6 Å². The largest absolute Gasteiger partial charge is 0.496 e. The topological polar surface area (TPSA) is 157 Å². The summed E-state index contributed by atoms with van der Waals surface area (Å²) in [5.74, 6) is 0.975. The number of nitrogens with one attached hydrogen (secondary N) is 1. The third kappa shape index (κ3) is 7.42. The van der Waals surface area contributed by atoms with E-state index < -0.39 is 31.6 Å². The molecule has 0 amide bonds. The minimum Gasteiger partial charge on any atom is -0.496 e. The number of sulfonamides is 1. The van der Waals surface area contributed by atoms with Gasteiger partial charge in [0.05, 0.1) is 34.9 Å². The van der Waals surface area contributed by atoms with Crippen LogP contribution in [-0.2, 0) is 30.1 Å². The highest BCUT2D eigenvalue weighted by Gasteiger charge is 2.45. The molecule has 6 rings (SSSR count). The van der Waals surface area contributed by atoms with E-state index in [1.54, 1.807) is 44.4 Å². The predicted octanol–water partition coefficient (Wildman–Crippen LogP) is 3.45. The van der Waals surface area contributed by atoms with Crippen LogP contribution in [0.3, 0.4) is 0 Å². The molecule has 3 fully saturated rings. The van der Waals surface area contributed by atoms with Crippen LogP contribution in [0.2, 0.25) is 0 Å². The molecule has 1 saturated carbocycles. The van der Waals surface area contributed by atoms with Gasteiger partial charge in [0.15, 0.2) is 9.84 Å². The van der Waals surface area contributed by atoms with E-state index in [-0.39, 0.29) is 40.3 Å². The van der Waals surface area contributed by atoms with Gasteiger partial charge in [-0.1, -0.05) is 37.3 Å². The number of nitrogens with zero attached hydrogens (tertiary/aromatic N) is 1. The molecule has 2 aliphatic heterocycles. The van der Waals surface area contributed by atoms with Gasteiger partial charge in [-0.15, -0.1) is 0 Å². The Balaban J connectivity index is 1.01. The average molecular weight is 700 g/mol. The van der Waals surface area contributed by atoms with E-state index in [0.29, 0.717) is 56.0 Å². The van der Waals surface area contributed by atoms with Gasteiger partial charge in [-0.05, 0) is 79.6 Å². The molecule has 1 aliphatic carbocycles. The van der Waals surface area contributed by atoms with Crippen LogP contribution in [0, 0.1) is 0 Å². The number of aliphatic hydroxyl groups is 1. The standard InChI is InChI=1S/C35H45N3O8S2/c1-3-47(40,41)30-6-4-5-29(19-30)45-24-28(39)22-37-27-21-34(46-23-27)15-17-38(18-16-34)48(42,43)31-11-12-33(44-2)32(20-31)25-7-9-26(10-8-25)35(36)13-14-35/h4-12,19-20,27-28,37,39H,3,13-18,21-24,36H2,1-2H3/t27-,28?/m0/s1. The third-order valence-corrected chi connectivity index (χ3v) is 13.5. The molecule has 4 N–H and O–H groups in total. The Morgan fingerprint density at radius 1 is 1.00 bits per heavy atom. The Hall–Kier alpha value is -3.04. The lowest BCUT2D eigenvalue weighted by atomic mass is 9.88. The highest BCUT2D eigenvalue weighted by molar-refractivity contribution is 7.91. The second kappa shape index (κ2) is 13.7. The van der Waals surface area contributed by atoms with Crippen LogP contribution in [0.5, 0.6) is 11.5 Å². The lowest BCUT2D eigenvalue weighted by molar-refractivity contribution is -0.0312. The Labute approximate surface area is 283 Å². The molecule has 48 heavy (non-hydrogen) atoms. The Morgan fingerprint density at radius 2 is 1.73 bits per heavy atom. The van der Waals surface area contributed by atoms with E-state index in [9.17, 15) is 21.9 Å². The predicted molar refractivity (Wildman–Crippen MR) is 182 cm³/mol. The summed E-state index contributed by atoms with van der Waals surface area (Å²) in [4.78, 5) is 0.411. The number of hydrogen-bond acceptors (Lipinski definition) is 10. The summed E-state index contributed by atoms with van der Waals surface area (Å²) >= 11 is 0. The molecule has 3 aromatic carbocycles. The number of piperidine rings is 1. The fraction of sp³-hybridized carbons (Fsp3) is 0.486. The van der Waals surface area contributed by atoms with Crippen molar-refractivity contribution in [2.24, 2.45) is 5.73 Å². The van der Waals surface area contributed by atoms with Gasteiger partial charge in [-0.25, -0.2) is 16.8 Å². The lowest BCUT2D eigenvalue weighted by Crippen LogP contribution is -2.47. The van der Waals surface area contributed by atoms with E-state index in [1.165, 1.54) is 16.4 Å². The van der Waals surface area contributed by atoms with Gasteiger partial charge < -0.3 is 30.4 Å².